The molecule has 1 saturated heterocycles. The van der Waals surface area contributed by atoms with Gasteiger partial charge >= 0.3 is 0 Å². The second-order valence-electron chi connectivity index (χ2n) is 4.41. The summed E-state index contributed by atoms with van der Waals surface area (Å²) in [4.78, 5) is 11.7. The molecule has 0 radical (unpaired) electrons. The molecule has 0 spiro atoms. The van der Waals surface area contributed by atoms with Crippen molar-refractivity contribution in [3.63, 3.8) is 0 Å². The average molecular weight is 309 g/mol. The van der Waals surface area contributed by atoms with E-state index in [-0.39, 0.29) is 5.91 Å². The van der Waals surface area contributed by atoms with Gasteiger partial charge in [-0.05, 0) is 36.6 Å². The highest BCUT2D eigenvalue weighted by Gasteiger charge is 2.10. The highest BCUT2D eigenvalue weighted by molar-refractivity contribution is 9.10. The Balaban J connectivity index is 1.84. The van der Waals surface area contributed by atoms with Crippen LogP contribution in [0.25, 0.3) is 6.08 Å². The third kappa shape index (κ3) is 4.27. The van der Waals surface area contributed by atoms with Gasteiger partial charge in [0.1, 0.15) is 0 Å². The first-order chi connectivity index (χ1) is 8.74. The Bertz CT molecular complexity index is 422. The highest BCUT2D eigenvalue weighted by atomic mass is 79.9. The van der Waals surface area contributed by atoms with Gasteiger partial charge in [0.2, 0.25) is 0 Å². The molecule has 96 valence electrons. The largest absolute Gasteiger partial charge is 0.285 e. The lowest BCUT2D eigenvalue weighted by molar-refractivity contribution is -0.121. The molecular formula is C14H17BrN2O. The summed E-state index contributed by atoms with van der Waals surface area (Å²) in [6.07, 6.45) is 7.00. The molecule has 18 heavy (non-hydrogen) atoms. The zero-order valence-electron chi connectivity index (χ0n) is 10.2. The molecule has 1 fully saturated rings. The fraction of sp³-hybridized carbons (Fsp3) is 0.357. The fourth-order valence-corrected chi connectivity index (χ4v) is 2.21. The Morgan fingerprint density at radius 2 is 1.83 bits per heavy atom. The van der Waals surface area contributed by atoms with Crippen LogP contribution in [0.2, 0.25) is 0 Å². The molecule has 0 bridgehead atoms. The van der Waals surface area contributed by atoms with E-state index in [1.807, 2.05) is 35.4 Å². The topological polar surface area (TPSA) is 32.3 Å². The van der Waals surface area contributed by atoms with Crippen LogP contribution in [0.15, 0.2) is 34.8 Å². The third-order valence-corrected chi connectivity index (χ3v) is 3.45. The summed E-state index contributed by atoms with van der Waals surface area (Å²) in [5.41, 5.74) is 3.92. The van der Waals surface area contributed by atoms with Gasteiger partial charge in [0.25, 0.3) is 5.91 Å². The van der Waals surface area contributed by atoms with E-state index in [2.05, 4.69) is 21.4 Å². The van der Waals surface area contributed by atoms with Crippen molar-refractivity contribution in [3.8, 4) is 0 Å². The molecule has 2 rings (SSSR count). The summed E-state index contributed by atoms with van der Waals surface area (Å²) in [5, 5.41) is 2.00. The van der Waals surface area contributed by atoms with Crippen LogP contribution in [0.3, 0.4) is 0 Å². The molecule has 0 aliphatic carbocycles. The first kappa shape index (κ1) is 13.3. The van der Waals surface area contributed by atoms with Crippen molar-refractivity contribution in [2.24, 2.45) is 0 Å². The van der Waals surface area contributed by atoms with E-state index in [4.69, 9.17) is 0 Å². The van der Waals surface area contributed by atoms with Crippen LogP contribution in [0.4, 0.5) is 0 Å². The van der Waals surface area contributed by atoms with Crippen molar-refractivity contribution in [1.29, 1.82) is 0 Å². The molecule has 0 saturated carbocycles. The lowest BCUT2D eigenvalue weighted by Gasteiger charge is -2.26. The molecule has 3 nitrogen and oxygen atoms in total. The van der Waals surface area contributed by atoms with Crippen LogP contribution >= 0.6 is 15.9 Å². The minimum Gasteiger partial charge on any atom is -0.285 e. The van der Waals surface area contributed by atoms with Gasteiger partial charge in [-0.25, -0.2) is 5.01 Å². The highest BCUT2D eigenvalue weighted by Crippen LogP contribution is 2.11. The fourth-order valence-electron chi connectivity index (χ4n) is 1.94. The number of hydrogen-bond donors (Lipinski definition) is 1. The number of amides is 1. The van der Waals surface area contributed by atoms with Gasteiger partial charge in [0.15, 0.2) is 0 Å². The maximum absolute atomic E-state index is 11.7. The van der Waals surface area contributed by atoms with E-state index >= 15 is 0 Å². The monoisotopic (exact) mass is 308 g/mol. The van der Waals surface area contributed by atoms with Crippen molar-refractivity contribution in [2.75, 3.05) is 13.1 Å². The van der Waals surface area contributed by atoms with Gasteiger partial charge in [-0.2, -0.15) is 0 Å². The second kappa shape index (κ2) is 6.71. The van der Waals surface area contributed by atoms with E-state index in [0.29, 0.717) is 0 Å². The van der Waals surface area contributed by atoms with Crippen molar-refractivity contribution < 1.29 is 4.79 Å². The minimum atomic E-state index is -0.0557. The molecule has 1 heterocycles. The Hall–Kier alpha value is -1.13. The molecule has 4 heteroatoms. The SMILES string of the molecule is O=C(/C=C/c1ccc(Br)cc1)NN1CCCCC1. The molecule has 1 N–H and O–H groups in total. The molecule has 1 amide bonds. The number of rotatable bonds is 3. The number of benzene rings is 1. The zero-order chi connectivity index (χ0) is 12.8. The minimum absolute atomic E-state index is 0.0557. The molecule has 0 aromatic heterocycles. The first-order valence-corrected chi connectivity index (χ1v) is 7.02. The zero-order valence-corrected chi connectivity index (χ0v) is 11.8. The maximum atomic E-state index is 11.7. The predicted octanol–water partition coefficient (Wildman–Crippen LogP) is 2.98. The Kier molecular flexibility index (Phi) is 4.96. The number of nitrogens with zero attached hydrogens (tertiary/aromatic N) is 1. The van der Waals surface area contributed by atoms with E-state index in [1.165, 1.54) is 6.42 Å². The van der Waals surface area contributed by atoms with Gasteiger partial charge in [0.05, 0.1) is 0 Å². The van der Waals surface area contributed by atoms with Gasteiger partial charge < -0.3 is 0 Å². The van der Waals surface area contributed by atoms with E-state index in [0.717, 1.165) is 36.0 Å². The molecule has 1 aromatic carbocycles. The smallest absolute Gasteiger partial charge is 0.258 e. The number of nitrogens with one attached hydrogen (secondary N) is 1. The number of carbonyl (C=O) groups excluding carboxylic acids is 1. The Morgan fingerprint density at radius 3 is 2.50 bits per heavy atom. The average Bonchev–Trinajstić information content (AvgIpc) is 2.39. The van der Waals surface area contributed by atoms with Crippen molar-refractivity contribution in [1.82, 2.24) is 10.4 Å². The summed E-state index contributed by atoms with van der Waals surface area (Å²) in [6, 6.07) is 7.86. The van der Waals surface area contributed by atoms with Crippen molar-refractivity contribution in [2.45, 2.75) is 19.3 Å². The van der Waals surface area contributed by atoms with Crippen LogP contribution in [0.5, 0.6) is 0 Å². The second-order valence-corrected chi connectivity index (χ2v) is 5.32. The number of hydrogen-bond acceptors (Lipinski definition) is 2. The normalized spacial score (nSPS) is 16.9. The van der Waals surface area contributed by atoms with Gasteiger partial charge in [-0.15, -0.1) is 0 Å². The van der Waals surface area contributed by atoms with Crippen LogP contribution in [0.1, 0.15) is 24.8 Å². The molecule has 0 unspecified atom stereocenters. The summed E-state index contributed by atoms with van der Waals surface area (Å²) >= 11 is 3.38. The molecule has 1 aromatic rings. The van der Waals surface area contributed by atoms with Gasteiger partial charge in [0, 0.05) is 23.6 Å². The van der Waals surface area contributed by atoms with Gasteiger partial charge in [-0.3, -0.25) is 10.2 Å². The Labute approximate surface area is 116 Å². The molecule has 1 aliphatic heterocycles. The van der Waals surface area contributed by atoms with Crippen LogP contribution in [-0.2, 0) is 4.79 Å². The summed E-state index contributed by atoms with van der Waals surface area (Å²) in [7, 11) is 0. The lowest BCUT2D eigenvalue weighted by atomic mass is 10.2. The van der Waals surface area contributed by atoms with E-state index in [9.17, 15) is 4.79 Å². The Morgan fingerprint density at radius 1 is 1.17 bits per heavy atom. The summed E-state index contributed by atoms with van der Waals surface area (Å²) in [6.45, 7) is 1.91. The standard InChI is InChI=1S/C14H17BrN2O/c15-13-7-4-12(5-8-13)6-9-14(18)16-17-10-2-1-3-11-17/h4-9H,1-3,10-11H2,(H,16,18)/b9-6+. The van der Waals surface area contributed by atoms with Crippen LogP contribution in [-0.4, -0.2) is 24.0 Å². The van der Waals surface area contributed by atoms with Crippen LogP contribution in [0, 0.1) is 0 Å². The maximum Gasteiger partial charge on any atom is 0.258 e. The number of hydrazine groups is 1. The quantitative estimate of drug-likeness (QED) is 0.871. The third-order valence-electron chi connectivity index (χ3n) is 2.92. The number of halogens is 1. The molecular weight excluding hydrogens is 292 g/mol. The summed E-state index contributed by atoms with van der Waals surface area (Å²) < 4.78 is 1.04. The van der Waals surface area contributed by atoms with Gasteiger partial charge in [-0.1, -0.05) is 34.5 Å². The van der Waals surface area contributed by atoms with E-state index < -0.39 is 0 Å². The van der Waals surface area contributed by atoms with Crippen LogP contribution < -0.4 is 5.43 Å². The summed E-state index contributed by atoms with van der Waals surface area (Å²) in [5.74, 6) is -0.0557. The van der Waals surface area contributed by atoms with Crippen molar-refractivity contribution >= 4 is 27.9 Å². The number of piperidine rings is 1. The predicted molar refractivity (Wildman–Crippen MR) is 76.7 cm³/mol. The number of carbonyl (C=O) groups is 1. The van der Waals surface area contributed by atoms with E-state index in [1.54, 1.807) is 6.08 Å². The van der Waals surface area contributed by atoms with Crippen molar-refractivity contribution in [3.05, 3.63) is 40.4 Å². The lowest BCUT2D eigenvalue weighted by Crippen LogP contribution is -2.44. The molecule has 0 atom stereocenters. The first-order valence-electron chi connectivity index (χ1n) is 6.23. The molecule has 1 aliphatic rings.